The summed E-state index contributed by atoms with van der Waals surface area (Å²) in [6.45, 7) is 5.32. The van der Waals surface area contributed by atoms with Crippen LogP contribution in [0.1, 0.15) is 38.3 Å². The van der Waals surface area contributed by atoms with Crippen molar-refractivity contribution in [2.45, 2.75) is 38.8 Å². The Bertz CT molecular complexity index is 570. The van der Waals surface area contributed by atoms with Gasteiger partial charge in [-0.05, 0) is 55.1 Å². The van der Waals surface area contributed by atoms with Crippen LogP contribution in [0.3, 0.4) is 0 Å². The van der Waals surface area contributed by atoms with Crippen LogP contribution in [0.2, 0.25) is 0 Å². The van der Waals surface area contributed by atoms with Crippen LogP contribution in [0.4, 0.5) is 0 Å². The van der Waals surface area contributed by atoms with Gasteiger partial charge >= 0.3 is 0 Å². The van der Waals surface area contributed by atoms with E-state index in [0.717, 1.165) is 12.3 Å². The molecule has 1 atom stereocenters. The SMILES string of the molecule is CCNC(C)c1ccc(-c2ccc(OC3CC3)cc2)cc1. The topological polar surface area (TPSA) is 21.3 Å². The van der Waals surface area contributed by atoms with Crippen molar-refractivity contribution in [1.29, 1.82) is 0 Å². The second kappa shape index (κ2) is 6.31. The molecule has 1 saturated carbocycles. The molecule has 21 heavy (non-hydrogen) atoms. The van der Waals surface area contributed by atoms with Crippen LogP contribution in [0, 0.1) is 0 Å². The molecule has 3 rings (SSSR count). The lowest BCUT2D eigenvalue weighted by molar-refractivity contribution is 0.303. The summed E-state index contributed by atoms with van der Waals surface area (Å²) in [4.78, 5) is 0. The van der Waals surface area contributed by atoms with Gasteiger partial charge in [0.25, 0.3) is 0 Å². The Morgan fingerprint density at radius 3 is 2.10 bits per heavy atom. The normalized spacial score (nSPS) is 15.7. The van der Waals surface area contributed by atoms with Gasteiger partial charge in [-0.1, -0.05) is 43.3 Å². The van der Waals surface area contributed by atoms with Crippen molar-refractivity contribution in [1.82, 2.24) is 5.32 Å². The molecule has 0 aliphatic heterocycles. The van der Waals surface area contributed by atoms with Gasteiger partial charge in [0.1, 0.15) is 5.75 Å². The van der Waals surface area contributed by atoms with Crippen molar-refractivity contribution in [3.05, 3.63) is 54.1 Å². The van der Waals surface area contributed by atoms with E-state index in [0.29, 0.717) is 12.1 Å². The van der Waals surface area contributed by atoms with Crippen LogP contribution in [0.25, 0.3) is 11.1 Å². The predicted octanol–water partition coefficient (Wildman–Crippen LogP) is 4.57. The number of benzene rings is 2. The van der Waals surface area contributed by atoms with E-state index in [2.05, 4.69) is 67.7 Å². The van der Waals surface area contributed by atoms with Crippen molar-refractivity contribution in [2.24, 2.45) is 0 Å². The molecule has 0 spiro atoms. The molecule has 110 valence electrons. The van der Waals surface area contributed by atoms with E-state index in [4.69, 9.17) is 4.74 Å². The summed E-state index contributed by atoms with van der Waals surface area (Å²) in [5.74, 6) is 0.985. The molecule has 1 aliphatic rings. The molecule has 1 aliphatic carbocycles. The van der Waals surface area contributed by atoms with Crippen LogP contribution < -0.4 is 10.1 Å². The Morgan fingerprint density at radius 2 is 1.57 bits per heavy atom. The van der Waals surface area contributed by atoms with Gasteiger partial charge in [0, 0.05) is 6.04 Å². The number of hydrogen-bond donors (Lipinski definition) is 1. The van der Waals surface area contributed by atoms with Crippen LogP contribution in [0.15, 0.2) is 48.5 Å². The van der Waals surface area contributed by atoms with Crippen LogP contribution >= 0.6 is 0 Å². The fraction of sp³-hybridized carbons (Fsp3) is 0.368. The van der Waals surface area contributed by atoms with Crippen molar-refractivity contribution >= 4 is 0 Å². The van der Waals surface area contributed by atoms with Gasteiger partial charge < -0.3 is 10.1 Å². The molecule has 1 fully saturated rings. The standard InChI is InChI=1S/C19H23NO/c1-3-20-14(2)15-4-6-16(7-5-15)17-8-10-18(11-9-17)21-19-12-13-19/h4-11,14,19-20H,3,12-13H2,1-2H3. The Kier molecular flexibility index (Phi) is 4.26. The maximum atomic E-state index is 5.79. The van der Waals surface area contributed by atoms with Gasteiger partial charge in [0.05, 0.1) is 6.10 Å². The Balaban J connectivity index is 1.70. The molecule has 0 heterocycles. The maximum absolute atomic E-state index is 5.79. The molecule has 2 nitrogen and oxygen atoms in total. The molecule has 0 aromatic heterocycles. The zero-order valence-corrected chi connectivity index (χ0v) is 12.8. The Hall–Kier alpha value is -1.80. The fourth-order valence-corrected chi connectivity index (χ4v) is 2.49. The average molecular weight is 281 g/mol. The van der Waals surface area contributed by atoms with Crippen molar-refractivity contribution in [3.63, 3.8) is 0 Å². The Labute approximate surface area is 127 Å². The summed E-state index contributed by atoms with van der Waals surface area (Å²) >= 11 is 0. The molecule has 0 amide bonds. The number of rotatable bonds is 6. The highest BCUT2D eigenvalue weighted by Crippen LogP contribution is 2.29. The smallest absolute Gasteiger partial charge is 0.119 e. The first-order valence-corrected chi connectivity index (χ1v) is 7.86. The summed E-state index contributed by atoms with van der Waals surface area (Å²) in [6.07, 6.45) is 2.86. The molecule has 0 radical (unpaired) electrons. The highest BCUT2D eigenvalue weighted by Gasteiger charge is 2.23. The fourth-order valence-electron chi connectivity index (χ4n) is 2.49. The van der Waals surface area contributed by atoms with Gasteiger partial charge in [0.2, 0.25) is 0 Å². The molecule has 0 bridgehead atoms. The first kappa shape index (κ1) is 14.2. The van der Waals surface area contributed by atoms with Gasteiger partial charge in [-0.2, -0.15) is 0 Å². The molecular formula is C19H23NO. The number of hydrogen-bond acceptors (Lipinski definition) is 2. The Morgan fingerprint density at radius 1 is 1.00 bits per heavy atom. The summed E-state index contributed by atoms with van der Waals surface area (Å²) in [6, 6.07) is 17.6. The lowest BCUT2D eigenvalue weighted by atomic mass is 10.0. The van der Waals surface area contributed by atoms with E-state index in [1.807, 2.05) is 0 Å². The lowest BCUT2D eigenvalue weighted by Crippen LogP contribution is -2.17. The summed E-state index contributed by atoms with van der Waals surface area (Å²) in [5, 5.41) is 3.44. The van der Waals surface area contributed by atoms with Crippen LogP contribution in [0.5, 0.6) is 5.75 Å². The summed E-state index contributed by atoms with van der Waals surface area (Å²) in [7, 11) is 0. The quantitative estimate of drug-likeness (QED) is 0.837. The minimum absolute atomic E-state index is 0.401. The van der Waals surface area contributed by atoms with Crippen molar-refractivity contribution < 1.29 is 4.74 Å². The third-order valence-corrected chi connectivity index (χ3v) is 3.94. The molecule has 0 saturated heterocycles. The number of nitrogens with one attached hydrogen (secondary N) is 1. The van der Waals surface area contributed by atoms with E-state index in [1.54, 1.807) is 0 Å². The van der Waals surface area contributed by atoms with Crippen LogP contribution in [-0.2, 0) is 0 Å². The minimum atomic E-state index is 0.401. The molecule has 2 aromatic carbocycles. The molecular weight excluding hydrogens is 258 g/mol. The molecule has 2 heteroatoms. The monoisotopic (exact) mass is 281 g/mol. The van der Waals surface area contributed by atoms with E-state index in [9.17, 15) is 0 Å². The van der Waals surface area contributed by atoms with E-state index < -0.39 is 0 Å². The average Bonchev–Trinajstić information content (AvgIpc) is 3.32. The van der Waals surface area contributed by atoms with Gasteiger partial charge in [-0.3, -0.25) is 0 Å². The highest BCUT2D eigenvalue weighted by atomic mass is 16.5. The zero-order valence-electron chi connectivity index (χ0n) is 12.8. The van der Waals surface area contributed by atoms with Crippen molar-refractivity contribution in [2.75, 3.05) is 6.54 Å². The molecule has 1 N–H and O–H groups in total. The lowest BCUT2D eigenvalue weighted by Gasteiger charge is -2.13. The third kappa shape index (κ3) is 3.64. The van der Waals surface area contributed by atoms with E-state index in [-0.39, 0.29) is 0 Å². The number of ether oxygens (including phenoxy) is 1. The first-order valence-electron chi connectivity index (χ1n) is 7.86. The second-order valence-corrected chi connectivity index (χ2v) is 5.74. The van der Waals surface area contributed by atoms with Gasteiger partial charge in [-0.25, -0.2) is 0 Å². The third-order valence-electron chi connectivity index (χ3n) is 3.94. The molecule has 1 unspecified atom stereocenters. The van der Waals surface area contributed by atoms with Gasteiger partial charge in [0.15, 0.2) is 0 Å². The summed E-state index contributed by atoms with van der Waals surface area (Å²) in [5.41, 5.74) is 3.82. The van der Waals surface area contributed by atoms with E-state index in [1.165, 1.54) is 29.5 Å². The van der Waals surface area contributed by atoms with Gasteiger partial charge in [-0.15, -0.1) is 0 Å². The summed E-state index contributed by atoms with van der Waals surface area (Å²) < 4.78 is 5.79. The predicted molar refractivity (Wildman–Crippen MR) is 87.6 cm³/mol. The zero-order chi connectivity index (χ0) is 14.7. The van der Waals surface area contributed by atoms with Crippen molar-refractivity contribution in [3.8, 4) is 16.9 Å². The highest BCUT2D eigenvalue weighted by molar-refractivity contribution is 5.64. The first-order chi connectivity index (χ1) is 10.3. The van der Waals surface area contributed by atoms with E-state index >= 15 is 0 Å². The van der Waals surface area contributed by atoms with Crippen LogP contribution in [-0.4, -0.2) is 12.6 Å². The minimum Gasteiger partial charge on any atom is -0.490 e. The second-order valence-electron chi connectivity index (χ2n) is 5.74. The maximum Gasteiger partial charge on any atom is 0.119 e. The molecule has 2 aromatic rings. The largest absolute Gasteiger partial charge is 0.490 e.